The Bertz CT molecular complexity index is 1240. The number of benzene rings is 3. The fourth-order valence-corrected chi connectivity index (χ4v) is 4.79. The fourth-order valence-electron chi connectivity index (χ4n) is 3.28. The molecule has 0 saturated heterocycles. The van der Waals surface area contributed by atoms with Crippen LogP contribution in [0.3, 0.4) is 0 Å². The van der Waals surface area contributed by atoms with E-state index in [9.17, 15) is 18.0 Å². The minimum atomic E-state index is -3.72. The summed E-state index contributed by atoms with van der Waals surface area (Å²) in [6.45, 7) is 4.02. The molecule has 0 bridgehead atoms. The van der Waals surface area contributed by atoms with Gasteiger partial charge in [0.25, 0.3) is 5.91 Å². The Morgan fingerprint density at radius 1 is 0.886 bits per heavy atom. The predicted octanol–water partition coefficient (Wildman–Crippen LogP) is 4.09. The average molecular weight is 497 g/mol. The summed E-state index contributed by atoms with van der Waals surface area (Å²) in [4.78, 5) is 24.6. The van der Waals surface area contributed by atoms with Crippen LogP contribution in [0.15, 0.2) is 83.8 Å². The van der Waals surface area contributed by atoms with Crippen LogP contribution in [0, 0.1) is 0 Å². The van der Waals surface area contributed by atoms with Crippen molar-refractivity contribution in [3.05, 3.63) is 90.0 Å². The van der Waals surface area contributed by atoms with Crippen LogP contribution >= 0.6 is 0 Å². The number of rotatable bonds is 11. The van der Waals surface area contributed by atoms with Gasteiger partial charge in [-0.25, -0.2) is 13.2 Å². The molecule has 0 heterocycles. The molecule has 8 nitrogen and oxygen atoms in total. The number of sulfonamides is 1. The Morgan fingerprint density at radius 2 is 1.57 bits per heavy atom. The van der Waals surface area contributed by atoms with Crippen LogP contribution in [0.5, 0.6) is 5.75 Å². The normalized spacial score (nSPS) is 11.2. The lowest BCUT2D eigenvalue weighted by atomic mass is 10.2. The van der Waals surface area contributed by atoms with E-state index in [2.05, 4.69) is 5.32 Å². The molecular formula is C26H28N2O6S. The zero-order valence-corrected chi connectivity index (χ0v) is 20.5. The van der Waals surface area contributed by atoms with Crippen molar-refractivity contribution >= 4 is 27.6 Å². The molecule has 1 N–H and O–H groups in total. The molecule has 0 spiro atoms. The van der Waals surface area contributed by atoms with Gasteiger partial charge in [0.05, 0.1) is 10.5 Å². The molecule has 3 aromatic rings. The number of hydrogen-bond donors (Lipinski definition) is 1. The summed E-state index contributed by atoms with van der Waals surface area (Å²) in [5.41, 5.74) is 1.61. The highest BCUT2D eigenvalue weighted by Crippen LogP contribution is 2.19. The Kier molecular flexibility index (Phi) is 8.99. The van der Waals surface area contributed by atoms with E-state index in [0.29, 0.717) is 31.1 Å². The van der Waals surface area contributed by atoms with Crippen molar-refractivity contribution in [1.29, 1.82) is 0 Å². The maximum atomic E-state index is 12.7. The van der Waals surface area contributed by atoms with Crippen LogP contribution in [-0.4, -0.2) is 44.3 Å². The summed E-state index contributed by atoms with van der Waals surface area (Å²) < 4.78 is 37.4. The molecule has 9 heteroatoms. The summed E-state index contributed by atoms with van der Waals surface area (Å²) in [7, 11) is -3.72. The lowest BCUT2D eigenvalue weighted by Gasteiger charge is -2.18. The van der Waals surface area contributed by atoms with Gasteiger partial charge >= 0.3 is 5.97 Å². The van der Waals surface area contributed by atoms with Crippen molar-refractivity contribution in [1.82, 2.24) is 4.31 Å². The Balaban J connectivity index is 1.52. The van der Waals surface area contributed by atoms with Gasteiger partial charge in [0.1, 0.15) is 12.4 Å². The number of esters is 1. The molecule has 0 atom stereocenters. The molecule has 0 aliphatic carbocycles. The topological polar surface area (TPSA) is 102 Å². The Hall–Kier alpha value is -3.69. The van der Waals surface area contributed by atoms with Crippen molar-refractivity contribution in [2.24, 2.45) is 0 Å². The van der Waals surface area contributed by atoms with Gasteiger partial charge in [-0.15, -0.1) is 0 Å². The first-order valence-corrected chi connectivity index (χ1v) is 12.6. The van der Waals surface area contributed by atoms with Gasteiger partial charge in [-0.1, -0.05) is 50.2 Å². The summed E-state index contributed by atoms with van der Waals surface area (Å²) in [6.07, 6.45) is 0. The van der Waals surface area contributed by atoms with Crippen LogP contribution in [0.1, 0.15) is 29.8 Å². The smallest absolute Gasteiger partial charge is 0.338 e. The first-order valence-electron chi connectivity index (χ1n) is 11.2. The Morgan fingerprint density at radius 3 is 2.23 bits per heavy atom. The molecule has 0 radical (unpaired) electrons. The number of hydrogen-bond acceptors (Lipinski definition) is 6. The molecule has 35 heavy (non-hydrogen) atoms. The molecular weight excluding hydrogens is 468 g/mol. The SMILES string of the molecule is CCN(CC)S(=O)(=O)c1cccc(C(=O)OCC(=O)Nc2ccc(OCc3ccccc3)cc2)c1. The second kappa shape index (κ2) is 12.1. The van der Waals surface area contributed by atoms with Gasteiger partial charge in [-0.2, -0.15) is 4.31 Å². The van der Waals surface area contributed by atoms with E-state index in [-0.39, 0.29) is 10.5 Å². The lowest BCUT2D eigenvalue weighted by molar-refractivity contribution is -0.119. The van der Waals surface area contributed by atoms with Crippen LogP contribution in [-0.2, 0) is 26.2 Å². The van der Waals surface area contributed by atoms with Gasteiger partial charge in [0.2, 0.25) is 10.0 Å². The fraction of sp³-hybridized carbons (Fsp3) is 0.231. The van der Waals surface area contributed by atoms with E-state index in [1.807, 2.05) is 30.3 Å². The first kappa shape index (κ1) is 25.9. The van der Waals surface area contributed by atoms with Crippen LogP contribution < -0.4 is 10.1 Å². The van der Waals surface area contributed by atoms with E-state index in [0.717, 1.165) is 5.56 Å². The van der Waals surface area contributed by atoms with E-state index < -0.39 is 28.5 Å². The van der Waals surface area contributed by atoms with Crippen molar-refractivity contribution in [2.75, 3.05) is 25.0 Å². The molecule has 184 valence electrons. The van der Waals surface area contributed by atoms with Gasteiger partial charge in [0, 0.05) is 18.8 Å². The maximum absolute atomic E-state index is 12.7. The third kappa shape index (κ3) is 7.14. The van der Waals surface area contributed by atoms with E-state index in [1.165, 1.54) is 28.6 Å². The van der Waals surface area contributed by atoms with Crippen molar-refractivity contribution in [3.8, 4) is 5.75 Å². The van der Waals surface area contributed by atoms with Crippen LogP contribution in [0.4, 0.5) is 5.69 Å². The molecule has 3 aromatic carbocycles. The molecule has 0 saturated carbocycles. The second-order valence-corrected chi connectivity index (χ2v) is 9.48. The standard InChI is InChI=1S/C26H28N2O6S/c1-3-28(4-2)35(31,32)24-12-8-11-21(17-24)26(30)34-19-25(29)27-22-13-15-23(16-14-22)33-18-20-9-6-5-7-10-20/h5-17H,3-4,18-19H2,1-2H3,(H,27,29). The van der Waals surface area contributed by atoms with Crippen molar-refractivity contribution in [3.63, 3.8) is 0 Å². The molecule has 1 amide bonds. The number of ether oxygens (including phenoxy) is 2. The summed E-state index contributed by atoms with van der Waals surface area (Å²) >= 11 is 0. The van der Waals surface area contributed by atoms with Gasteiger partial charge in [0.15, 0.2) is 6.61 Å². The third-order valence-corrected chi connectivity index (χ3v) is 7.18. The monoisotopic (exact) mass is 496 g/mol. The van der Waals surface area contributed by atoms with E-state index in [4.69, 9.17) is 9.47 Å². The largest absolute Gasteiger partial charge is 0.489 e. The minimum Gasteiger partial charge on any atom is -0.489 e. The average Bonchev–Trinajstić information content (AvgIpc) is 2.88. The number of carbonyl (C=O) groups is 2. The van der Waals surface area contributed by atoms with Gasteiger partial charge < -0.3 is 14.8 Å². The summed E-state index contributed by atoms with van der Waals surface area (Å²) in [5, 5.41) is 2.64. The minimum absolute atomic E-state index is 0.00493. The van der Waals surface area contributed by atoms with Gasteiger partial charge in [-0.3, -0.25) is 4.79 Å². The number of amides is 1. The number of nitrogens with zero attached hydrogens (tertiary/aromatic N) is 1. The highest BCUT2D eigenvalue weighted by molar-refractivity contribution is 7.89. The van der Waals surface area contributed by atoms with Crippen LogP contribution in [0.25, 0.3) is 0 Å². The molecule has 0 unspecified atom stereocenters. The maximum Gasteiger partial charge on any atom is 0.338 e. The molecule has 0 aliphatic heterocycles. The second-order valence-electron chi connectivity index (χ2n) is 7.54. The number of anilines is 1. The highest BCUT2D eigenvalue weighted by Gasteiger charge is 2.23. The quantitative estimate of drug-likeness (QED) is 0.401. The zero-order chi connectivity index (χ0) is 25.3. The predicted molar refractivity (Wildman–Crippen MR) is 133 cm³/mol. The van der Waals surface area contributed by atoms with Gasteiger partial charge in [-0.05, 0) is 48.0 Å². The number of carbonyl (C=O) groups excluding carboxylic acids is 2. The molecule has 0 aliphatic rings. The van der Waals surface area contributed by atoms with E-state index >= 15 is 0 Å². The first-order chi connectivity index (χ1) is 16.8. The van der Waals surface area contributed by atoms with E-state index in [1.54, 1.807) is 38.1 Å². The highest BCUT2D eigenvalue weighted by atomic mass is 32.2. The summed E-state index contributed by atoms with van der Waals surface area (Å²) in [5.74, 6) is -0.664. The third-order valence-electron chi connectivity index (χ3n) is 5.13. The Labute approximate surface area is 205 Å². The number of nitrogens with one attached hydrogen (secondary N) is 1. The van der Waals surface area contributed by atoms with Crippen molar-refractivity contribution in [2.45, 2.75) is 25.3 Å². The molecule has 0 fully saturated rings. The zero-order valence-electron chi connectivity index (χ0n) is 19.6. The lowest BCUT2D eigenvalue weighted by Crippen LogP contribution is -2.30. The molecule has 3 rings (SSSR count). The summed E-state index contributed by atoms with van der Waals surface area (Å²) in [6, 6.07) is 22.2. The molecule has 0 aromatic heterocycles. The van der Waals surface area contributed by atoms with Crippen LogP contribution in [0.2, 0.25) is 0 Å². The van der Waals surface area contributed by atoms with Crippen molar-refractivity contribution < 1.29 is 27.5 Å².